The molecule has 0 atom stereocenters. The summed E-state index contributed by atoms with van der Waals surface area (Å²) >= 11 is 0. The van der Waals surface area contributed by atoms with Crippen molar-refractivity contribution in [2.24, 2.45) is 0 Å². The van der Waals surface area contributed by atoms with Crippen molar-refractivity contribution >= 4 is 28.4 Å². The highest BCUT2D eigenvalue weighted by Crippen LogP contribution is 2.33. The SMILES string of the molecule is O=C(O)C(=O)CC(=O)c1ccc2[nH]c(C3CCCCC3)cc2c1. The van der Waals surface area contributed by atoms with Crippen LogP contribution in [0.15, 0.2) is 24.3 Å². The topological polar surface area (TPSA) is 87.2 Å². The Hall–Kier alpha value is -2.43. The number of carbonyl (C=O) groups excluding carboxylic acids is 2. The van der Waals surface area contributed by atoms with Crippen LogP contribution >= 0.6 is 0 Å². The number of hydrogen-bond donors (Lipinski definition) is 2. The Bertz CT molecular complexity index is 768. The van der Waals surface area contributed by atoms with Crippen LogP contribution in [0.3, 0.4) is 0 Å². The van der Waals surface area contributed by atoms with Gasteiger partial charge in [0.25, 0.3) is 0 Å². The zero-order chi connectivity index (χ0) is 16.4. The van der Waals surface area contributed by atoms with Crippen molar-refractivity contribution in [1.82, 2.24) is 4.98 Å². The van der Waals surface area contributed by atoms with Crippen molar-refractivity contribution in [3.8, 4) is 0 Å². The molecule has 2 aromatic rings. The summed E-state index contributed by atoms with van der Waals surface area (Å²) in [6, 6.07) is 7.26. The fourth-order valence-electron chi connectivity index (χ4n) is 3.29. The normalized spacial score (nSPS) is 15.7. The number of aromatic nitrogens is 1. The first-order valence-electron chi connectivity index (χ1n) is 7.96. The molecule has 2 N–H and O–H groups in total. The molecule has 5 nitrogen and oxygen atoms in total. The maximum Gasteiger partial charge on any atom is 0.372 e. The Balaban J connectivity index is 1.82. The Kier molecular flexibility index (Phi) is 4.28. The molecule has 0 amide bonds. The number of fused-ring (bicyclic) bond motifs is 1. The number of rotatable bonds is 5. The minimum Gasteiger partial charge on any atom is -0.475 e. The molecule has 0 aliphatic heterocycles. The van der Waals surface area contributed by atoms with Gasteiger partial charge in [-0.2, -0.15) is 0 Å². The third-order valence-electron chi connectivity index (χ3n) is 4.57. The lowest BCUT2D eigenvalue weighted by Crippen LogP contribution is -2.17. The fraction of sp³-hybridized carbons (Fsp3) is 0.389. The van der Waals surface area contributed by atoms with Gasteiger partial charge in [-0.15, -0.1) is 0 Å². The van der Waals surface area contributed by atoms with E-state index in [9.17, 15) is 14.4 Å². The van der Waals surface area contributed by atoms with E-state index in [4.69, 9.17) is 5.11 Å². The van der Waals surface area contributed by atoms with Crippen molar-refractivity contribution in [3.63, 3.8) is 0 Å². The molecule has 1 aromatic heterocycles. The summed E-state index contributed by atoms with van der Waals surface area (Å²) in [5.74, 6) is -2.56. The molecule has 23 heavy (non-hydrogen) atoms. The molecule has 1 fully saturated rings. The van der Waals surface area contributed by atoms with Gasteiger partial charge in [0.05, 0.1) is 6.42 Å². The Morgan fingerprint density at radius 3 is 2.52 bits per heavy atom. The number of ketones is 2. The number of carboxylic acids is 1. The molecule has 0 spiro atoms. The van der Waals surface area contributed by atoms with E-state index in [1.807, 2.05) is 6.07 Å². The molecular formula is C18H19NO4. The van der Waals surface area contributed by atoms with Gasteiger partial charge >= 0.3 is 5.97 Å². The van der Waals surface area contributed by atoms with Crippen LogP contribution in [0.2, 0.25) is 0 Å². The molecule has 3 rings (SSSR count). The van der Waals surface area contributed by atoms with Gasteiger partial charge in [0.2, 0.25) is 5.78 Å². The van der Waals surface area contributed by atoms with E-state index in [1.54, 1.807) is 12.1 Å². The summed E-state index contributed by atoms with van der Waals surface area (Å²) in [6.07, 6.45) is 5.58. The minimum absolute atomic E-state index is 0.376. The molecule has 0 radical (unpaired) electrons. The molecule has 1 aromatic carbocycles. The van der Waals surface area contributed by atoms with Gasteiger partial charge < -0.3 is 10.1 Å². The summed E-state index contributed by atoms with van der Waals surface area (Å²) in [4.78, 5) is 37.2. The number of hydrogen-bond acceptors (Lipinski definition) is 3. The number of carbonyl (C=O) groups is 3. The van der Waals surface area contributed by atoms with Gasteiger partial charge in [0.15, 0.2) is 5.78 Å². The summed E-state index contributed by atoms with van der Waals surface area (Å²) in [7, 11) is 0. The number of carboxylic acid groups (broad SMARTS) is 1. The van der Waals surface area contributed by atoms with Crippen LogP contribution in [0.1, 0.15) is 60.5 Å². The van der Waals surface area contributed by atoms with Crippen LogP contribution in [-0.2, 0) is 9.59 Å². The second kappa shape index (κ2) is 6.36. The lowest BCUT2D eigenvalue weighted by Gasteiger charge is -2.20. The smallest absolute Gasteiger partial charge is 0.372 e. The van der Waals surface area contributed by atoms with E-state index < -0.39 is 24.0 Å². The second-order valence-corrected chi connectivity index (χ2v) is 6.19. The summed E-state index contributed by atoms with van der Waals surface area (Å²) < 4.78 is 0. The molecule has 0 unspecified atom stereocenters. The first-order valence-corrected chi connectivity index (χ1v) is 7.96. The summed E-state index contributed by atoms with van der Waals surface area (Å²) in [5, 5.41) is 9.52. The second-order valence-electron chi connectivity index (χ2n) is 6.19. The fourth-order valence-corrected chi connectivity index (χ4v) is 3.29. The first kappa shape index (κ1) is 15.5. The summed E-state index contributed by atoms with van der Waals surface area (Å²) in [6.45, 7) is 0. The highest BCUT2D eigenvalue weighted by Gasteiger charge is 2.20. The average Bonchev–Trinajstić information content (AvgIpc) is 2.98. The Morgan fingerprint density at radius 1 is 1.09 bits per heavy atom. The van der Waals surface area contributed by atoms with Crippen LogP contribution < -0.4 is 0 Å². The van der Waals surface area contributed by atoms with Crippen molar-refractivity contribution in [2.75, 3.05) is 0 Å². The standard InChI is InChI=1S/C18H19NO4/c20-16(10-17(21)18(22)23)12-6-7-14-13(8-12)9-15(19-14)11-4-2-1-3-5-11/h6-9,11,19H,1-5,10H2,(H,22,23). The molecule has 120 valence electrons. The Morgan fingerprint density at radius 2 is 1.83 bits per heavy atom. The molecule has 1 aliphatic rings. The van der Waals surface area contributed by atoms with Gasteiger partial charge in [-0.3, -0.25) is 9.59 Å². The highest BCUT2D eigenvalue weighted by molar-refractivity contribution is 6.37. The van der Waals surface area contributed by atoms with Gasteiger partial charge in [0, 0.05) is 22.2 Å². The minimum atomic E-state index is -1.57. The van der Waals surface area contributed by atoms with E-state index in [0.29, 0.717) is 11.5 Å². The maximum atomic E-state index is 12.0. The van der Waals surface area contributed by atoms with Crippen molar-refractivity contribution in [3.05, 3.63) is 35.5 Å². The van der Waals surface area contributed by atoms with Gasteiger partial charge in [-0.05, 0) is 43.0 Å². The van der Waals surface area contributed by atoms with E-state index in [-0.39, 0.29) is 0 Å². The number of Topliss-reactive ketones (excluding diaryl/α,β-unsaturated/α-hetero) is 2. The third kappa shape index (κ3) is 3.33. The van der Waals surface area contributed by atoms with E-state index in [0.717, 1.165) is 10.9 Å². The molecule has 1 saturated carbocycles. The first-order chi connectivity index (χ1) is 11.0. The summed E-state index contributed by atoms with van der Waals surface area (Å²) in [5.41, 5.74) is 2.54. The van der Waals surface area contributed by atoms with E-state index in [2.05, 4.69) is 11.1 Å². The van der Waals surface area contributed by atoms with Crippen molar-refractivity contribution < 1.29 is 19.5 Å². The van der Waals surface area contributed by atoms with Crippen LogP contribution in [0.4, 0.5) is 0 Å². The van der Waals surface area contributed by atoms with Crippen LogP contribution in [0.25, 0.3) is 10.9 Å². The molecule has 1 heterocycles. The number of aromatic amines is 1. The van der Waals surface area contributed by atoms with Gasteiger partial charge in [-0.1, -0.05) is 19.3 Å². The zero-order valence-corrected chi connectivity index (χ0v) is 12.8. The maximum absolute atomic E-state index is 12.0. The van der Waals surface area contributed by atoms with Crippen LogP contribution in [0.5, 0.6) is 0 Å². The molecule has 5 heteroatoms. The largest absolute Gasteiger partial charge is 0.475 e. The number of H-pyrrole nitrogens is 1. The number of benzene rings is 1. The lowest BCUT2D eigenvalue weighted by molar-refractivity contribution is -0.148. The van der Waals surface area contributed by atoms with E-state index in [1.165, 1.54) is 37.8 Å². The van der Waals surface area contributed by atoms with Gasteiger partial charge in [0.1, 0.15) is 0 Å². The monoisotopic (exact) mass is 313 g/mol. The molecule has 0 bridgehead atoms. The molecular weight excluding hydrogens is 294 g/mol. The van der Waals surface area contributed by atoms with Crippen LogP contribution in [-0.4, -0.2) is 27.6 Å². The molecule has 1 aliphatic carbocycles. The quantitative estimate of drug-likeness (QED) is 0.503. The Labute approximate surface area is 133 Å². The average molecular weight is 313 g/mol. The zero-order valence-electron chi connectivity index (χ0n) is 12.8. The molecule has 0 saturated heterocycles. The highest BCUT2D eigenvalue weighted by atomic mass is 16.4. The predicted octanol–water partition coefficient (Wildman–Crippen LogP) is 3.44. The van der Waals surface area contributed by atoms with Crippen molar-refractivity contribution in [1.29, 1.82) is 0 Å². The number of aliphatic carboxylic acids is 1. The predicted molar refractivity (Wildman–Crippen MR) is 85.7 cm³/mol. The van der Waals surface area contributed by atoms with Gasteiger partial charge in [-0.25, -0.2) is 4.79 Å². The number of nitrogens with one attached hydrogen (secondary N) is 1. The van der Waals surface area contributed by atoms with Crippen molar-refractivity contribution in [2.45, 2.75) is 44.4 Å². The van der Waals surface area contributed by atoms with E-state index >= 15 is 0 Å². The van der Waals surface area contributed by atoms with Crippen LogP contribution in [0, 0.1) is 0 Å². The third-order valence-corrected chi connectivity index (χ3v) is 4.57. The lowest BCUT2D eigenvalue weighted by atomic mass is 9.87.